The first-order valence-corrected chi connectivity index (χ1v) is 19.9. The van der Waals surface area contributed by atoms with Gasteiger partial charge in [-0.1, -0.05) is 146 Å². The van der Waals surface area contributed by atoms with Crippen LogP contribution in [0, 0.1) is 0 Å². The monoisotopic (exact) mass is 739 g/mol. The Kier molecular flexibility index (Phi) is 6.37. The van der Waals surface area contributed by atoms with Crippen molar-refractivity contribution in [1.82, 2.24) is 0 Å². The van der Waals surface area contributed by atoms with Crippen molar-refractivity contribution in [2.24, 2.45) is 0 Å². The zero-order valence-electron chi connectivity index (χ0n) is 31.3. The molecule has 0 amide bonds. The van der Waals surface area contributed by atoms with Crippen molar-refractivity contribution >= 4 is 71.3 Å². The van der Waals surface area contributed by atoms with E-state index in [0.29, 0.717) is 0 Å². The Morgan fingerprint density at radius 3 is 1.90 bits per heavy atom. The van der Waals surface area contributed by atoms with Crippen molar-refractivity contribution < 1.29 is 9.15 Å². The molecular weight excluding hydrogens is 707 g/mol. The van der Waals surface area contributed by atoms with Crippen LogP contribution in [0.15, 0.2) is 205 Å². The summed E-state index contributed by atoms with van der Waals surface area (Å²) in [5, 5.41) is 9.45. The van der Waals surface area contributed by atoms with E-state index in [0.717, 1.165) is 67.0 Å². The number of ether oxygens (including phenoxy) is 1. The molecule has 0 saturated heterocycles. The van der Waals surface area contributed by atoms with Gasteiger partial charge in [0.15, 0.2) is 0 Å². The number of furan rings is 1. The third-order valence-corrected chi connectivity index (χ3v) is 12.7. The van der Waals surface area contributed by atoms with Gasteiger partial charge in [-0.3, -0.25) is 0 Å². The first-order chi connectivity index (χ1) is 28.7. The summed E-state index contributed by atoms with van der Waals surface area (Å²) in [6.07, 6.45) is 0. The fraction of sp³-hybridized carbons (Fsp3) is 0.0182. The largest absolute Gasteiger partial charge is 0.457 e. The highest BCUT2D eigenvalue weighted by atomic mass is 16.5. The third-order valence-electron chi connectivity index (χ3n) is 12.7. The highest BCUT2D eigenvalue weighted by Crippen LogP contribution is 2.61. The summed E-state index contributed by atoms with van der Waals surface area (Å²) in [6.45, 7) is 0. The third kappa shape index (κ3) is 4.22. The fourth-order valence-corrected chi connectivity index (χ4v) is 10.2. The molecule has 13 rings (SSSR count). The molecule has 1 atom stereocenters. The van der Waals surface area contributed by atoms with Gasteiger partial charge in [0.2, 0.25) is 0 Å². The van der Waals surface area contributed by atoms with Crippen LogP contribution in [0.5, 0.6) is 11.5 Å². The van der Waals surface area contributed by atoms with Crippen LogP contribution in [0.1, 0.15) is 22.3 Å². The molecule has 0 radical (unpaired) electrons. The van der Waals surface area contributed by atoms with Crippen LogP contribution < -0.4 is 9.64 Å². The van der Waals surface area contributed by atoms with Crippen LogP contribution in [-0.2, 0) is 5.41 Å². The van der Waals surface area contributed by atoms with Crippen LogP contribution >= 0.6 is 0 Å². The van der Waals surface area contributed by atoms with Gasteiger partial charge in [0.1, 0.15) is 22.7 Å². The van der Waals surface area contributed by atoms with Crippen molar-refractivity contribution in [3.05, 3.63) is 222 Å². The number of benzene rings is 10. The summed E-state index contributed by atoms with van der Waals surface area (Å²) in [6, 6.07) is 72.5. The predicted molar refractivity (Wildman–Crippen MR) is 238 cm³/mol. The second-order valence-corrected chi connectivity index (χ2v) is 15.6. The molecule has 1 aliphatic heterocycles. The zero-order valence-corrected chi connectivity index (χ0v) is 31.3. The summed E-state index contributed by atoms with van der Waals surface area (Å²) in [5.74, 6) is 1.70. The second kappa shape index (κ2) is 11.7. The van der Waals surface area contributed by atoms with Gasteiger partial charge in [-0.05, 0) is 91.6 Å². The first-order valence-electron chi connectivity index (χ1n) is 19.9. The number of para-hydroxylation sites is 1. The molecule has 11 aromatic rings. The van der Waals surface area contributed by atoms with Crippen molar-refractivity contribution in [2.45, 2.75) is 5.41 Å². The van der Waals surface area contributed by atoms with Gasteiger partial charge in [0, 0.05) is 50.8 Å². The number of rotatable bonds is 3. The van der Waals surface area contributed by atoms with E-state index in [9.17, 15) is 0 Å². The lowest BCUT2D eigenvalue weighted by atomic mass is 9.58. The lowest BCUT2D eigenvalue weighted by Crippen LogP contribution is -2.36. The van der Waals surface area contributed by atoms with E-state index in [1.807, 2.05) is 0 Å². The smallest absolute Gasteiger partial charge is 0.137 e. The van der Waals surface area contributed by atoms with E-state index in [1.165, 1.54) is 49.2 Å². The molecule has 1 aliphatic carbocycles. The molecular formula is C55H33NO2. The second-order valence-electron chi connectivity index (χ2n) is 15.6. The molecule has 3 nitrogen and oxygen atoms in total. The molecule has 0 fully saturated rings. The molecule has 1 unspecified atom stereocenters. The Balaban J connectivity index is 1.08. The quantitative estimate of drug-likeness (QED) is 0.180. The number of hydrogen-bond donors (Lipinski definition) is 0. The maximum absolute atomic E-state index is 7.06. The van der Waals surface area contributed by atoms with Gasteiger partial charge in [0.25, 0.3) is 0 Å². The van der Waals surface area contributed by atoms with E-state index < -0.39 is 5.41 Å². The summed E-state index contributed by atoms with van der Waals surface area (Å²) < 4.78 is 13.7. The molecule has 2 aliphatic rings. The molecule has 2 heterocycles. The lowest BCUT2D eigenvalue weighted by Gasteiger charge is -2.45. The molecule has 58 heavy (non-hydrogen) atoms. The van der Waals surface area contributed by atoms with Crippen LogP contribution in [0.2, 0.25) is 0 Å². The van der Waals surface area contributed by atoms with Gasteiger partial charge < -0.3 is 14.1 Å². The lowest BCUT2D eigenvalue weighted by molar-refractivity contribution is 0.435. The average molecular weight is 740 g/mol. The van der Waals surface area contributed by atoms with E-state index in [-0.39, 0.29) is 0 Å². The van der Waals surface area contributed by atoms with Gasteiger partial charge in [-0.2, -0.15) is 0 Å². The van der Waals surface area contributed by atoms with Gasteiger partial charge in [-0.25, -0.2) is 0 Å². The van der Waals surface area contributed by atoms with Crippen molar-refractivity contribution in [2.75, 3.05) is 4.90 Å². The van der Waals surface area contributed by atoms with Crippen molar-refractivity contribution in [1.29, 1.82) is 0 Å². The minimum absolute atomic E-state index is 0.603. The minimum atomic E-state index is -0.603. The van der Waals surface area contributed by atoms with E-state index in [2.05, 4.69) is 205 Å². The normalized spacial score (nSPS) is 15.1. The standard InChI is InChI=1S/C55H33NO2/c1-2-14-37-31-51-44(30-36(37)13-1)42-28-26-38(32-52(42)58-51)56(49-24-11-15-34-12-3-4-18-40(34)49)39-27-29-47-53(33-39)57-50-25-8-7-22-46(50)55(47)45-21-6-5-19-41(45)43-20-9-16-35-17-10-23-48(55)54(35)43/h1-33H. The highest BCUT2D eigenvalue weighted by molar-refractivity contribution is 6.11. The topological polar surface area (TPSA) is 25.6 Å². The summed E-state index contributed by atoms with van der Waals surface area (Å²) in [7, 11) is 0. The van der Waals surface area contributed by atoms with Gasteiger partial charge in [0.05, 0.1) is 11.1 Å². The summed E-state index contributed by atoms with van der Waals surface area (Å²) in [5.41, 5.74) is 11.5. The van der Waals surface area contributed by atoms with Crippen LogP contribution in [0.25, 0.3) is 65.4 Å². The molecule has 270 valence electrons. The zero-order chi connectivity index (χ0) is 38.0. The Labute approximate surface area is 334 Å². The predicted octanol–water partition coefficient (Wildman–Crippen LogP) is 15.0. The summed E-state index contributed by atoms with van der Waals surface area (Å²) in [4.78, 5) is 2.35. The van der Waals surface area contributed by atoms with Gasteiger partial charge >= 0.3 is 0 Å². The molecule has 0 saturated carbocycles. The molecule has 1 spiro atoms. The fourth-order valence-electron chi connectivity index (χ4n) is 10.2. The van der Waals surface area contributed by atoms with E-state index in [1.54, 1.807) is 0 Å². The molecule has 10 aromatic carbocycles. The number of fused-ring (bicyclic) bond motifs is 13. The summed E-state index contributed by atoms with van der Waals surface area (Å²) >= 11 is 0. The van der Waals surface area contributed by atoms with Crippen LogP contribution in [0.3, 0.4) is 0 Å². The Morgan fingerprint density at radius 1 is 0.362 bits per heavy atom. The van der Waals surface area contributed by atoms with Crippen molar-refractivity contribution in [3.63, 3.8) is 0 Å². The maximum Gasteiger partial charge on any atom is 0.137 e. The SMILES string of the molecule is c1ccc2c(c1)Oc1cc(N(c3ccc4c(c3)oc3cc5ccccc5cc34)c3cccc4ccccc34)ccc1C21c2ccccc2-c2cccc3cccc1c23. The van der Waals surface area contributed by atoms with E-state index in [4.69, 9.17) is 9.15 Å². The number of hydrogen-bond acceptors (Lipinski definition) is 3. The molecule has 3 heteroatoms. The number of anilines is 3. The van der Waals surface area contributed by atoms with Crippen LogP contribution in [-0.4, -0.2) is 0 Å². The Morgan fingerprint density at radius 2 is 0.983 bits per heavy atom. The number of nitrogens with zero attached hydrogens (tertiary/aromatic N) is 1. The first kappa shape index (κ1) is 31.6. The molecule has 0 N–H and O–H groups in total. The maximum atomic E-state index is 7.06. The Bertz CT molecular complexity index is 3510. The highest BCUT2D eigenvalue weighted by Gasteiger charge is 2.49. The molecule has 1 aromatic heterocycles. The van der Waals surface area contributed by atoms with Crippen molar-refractivity contribution in [3.8, 4) is 22.6 Å². The molecule has 0 bridgehead atoms. The van der Waals surface area contributed by atoms with E-state index >= 15 is 0 Å². The van der Waals surface area contributed by atoms with Gasteiger partial charge in [-0.15, -0.1) is 0 Å². The average Bonchev–Trinajstić information content (AvgIpc) is 3.63. The Hall–Kier alpha value is -7.62. The minimum Gasteiger partial charge on any atom is -0.457 e. The van der Waals surface area contributed by atoms with Crippen LogP contribution in [0.4, 0.5) is 17.1 Å².